The van der Waals surface area contributed by atoms with E-state index in [2.05, 4.69) is 93.7 Å². The van der Waals surface area contributed by atoms with E-state index >= 15 is 0 Å². The van der Waals surface area contributed by atoms with Crippen LogP contribution in [0.1, 0.15) is 278 Å². The van der Waals surface area contributed by atoms with Crippen molar-refractivity contribution in [3.63, 3.8) is 0 Å². The fourth-order valence-electron chi connectivity index (χ4n) is 7.93. The molecule has 0 saturated heterocycles. The zero-order chi connectivity index (χ0) is 48.6. The highest BCUT2D eigenvalue weighted by molar-refractivity contribution is 5.71. The molecule has 0 saturated carbocycles. The third-order valence-corrected chi connectivity index (χ3v) is 12.2. The molecule has 0 radical (unpaired) electrons. The lowest BCUT2D eigenvalue weighted by Gasteiger charge is -2.18. The molecule has 0 aromatic rings. The number of allylic oxidation sites excluding steroid dienone is 12. The first-order valence-electron chi connectivity index (χ1n) is 28.4. The predicted octanol–water partition coefficient (Wildman–Crippen LogP) is 19.0. The van der Waals surface area contributed by atoms with E-state index in [-0.39, 0.29) is 31.1 Å². The molecule has 0 heterocycles. The second-order valence-corrected chi connectivity index (χ2v) is 18.8. The van der Waals surface area contributed by atoms with E-state index in [0.29, 0.717) is 19.3 Å². The lowest BCUT2D eigenvalue weighted by atomic mass is 10.0. The Hall–Kier alpha value is -3.15. The third kappa shape index (κ3) is 53.7. The van der Waals surface area contributed by atoms with Crippen LogP contribution in [0.3, 0.4) is 0 Å². The summed E-state index contributed by atoms with van der Waals surface area (Å²) in [6, 6.07) is 0. The summed E-state index contributed by atoms with van der Waals surface area (Å²) in [4.78, 5) is 38.1. The average molecular weight is 936 g/mol. The first-order chi connectivity index (χ1) is 33.0. The van der Waals surface area contributed by atoms with Gasteiger partial charge in [-0.1, -0.05) is 241 Å². The Morgan fingerprint density at radius 1 is 0.313 bits per heavy atom. The lowest BCUT2D eigenvalue weighted by Crippen LogP contribution is -2.30. The molecule has 386 valence electrons. The molecule has 0 aromatic heterocycles. The van der Waals surface area contributed by atoms with Gasteiger partial charge in [0.15, 0.2) is 6.10 Å². The molecule has 0 bridgehead atoms. The summed E-state index contributed by atoms with van der Waals surface area (Å²) in [5, 5.41) is 0. The van der Waals surface area contributed by atoms with Gasteiger partial charge < -0.3 is 14.2 Å². The minimum Gasteiger partial charge on any atom is -0.462 e. The number of carbonyl (C=O) groups is 3. The molecule has 0 aliphatic carbocycles. The quantitative estimate of drug-likeness (QED) is 0.0262. The van der Waals surface area contributed by atoms with Crippen LogP contribution in [0, 0.1) is 0 Å². The molecular formula is C61H106O6. The van der Waals surface area contributed by atoms with Gasteiger partial charge in [-0.2, -0.15) is 0 Å². The Balaban J connectivity index is 4.38. The molecule has 0 rings (SSSR count). The number of rotatable bonds is 51. The monoisotopic (exact) mass is 935 g/mol. The van der Waals surface area contributed by atoms with Crippen molar-refractivity contribution >= 4 is 17.9 Å². The SMILES string of the molecule is CC/C=C\C/C=C\C/C=C\C/C=C\C/C=C\CCCCCCCC(=O)OCC(COC(=O)CCCCCCC/C=C\CCCCC)OC(=O)CCCCCCCCCCCCCCCCCC. The number of esters is 3. The second kappa shape index (κ2) is 55.4. The maximum absolute atomic E-state index is 12.8. The molecule has 0 aromatic carbocycles. The van der Waals surface area contributed by atoms with E-state index in [1.54, 1.807) is 0 Å². The average Bonchev–Trinajstić information content (AvgIpc) is 3.33. The fourth-order valence-corrected chi connectivity index (χ4v) is 7.93. The van der Waals surface area contributed by atoms with Crippen molar-refractivity contribution in [2.45, 2.75) is 284 Å². The molecule has 0 fully saturated rings. The van der Waals surface area contributed by atoms with Gasteiger partial charge in [-0.05, 0) is 89.9 Å². The van der Waals surface area contributed by atoms with Crippen LogP contribution >= 0.6 is 0 Å². The van der Waals surface area contributed by atoms with Gasteiger partial charge in [-0.25, -0.2) is 0 Å². The van der Waals surface area contributed by atoms with E-state index < -0.39 is 6.10 Å². The Morgan fingerprint density at radius 2 is 0.582 bits per heavy atom. The summed E-state index contributed by atoms with van der Waals surface area (Å²) < 4.78 is 16.8. The fraction of sp³-hybridized carbons (Fsp3) is 0.754. The molecule has 67 heavy (non-hydrogen) atoms. The molecule has 0 aliphatic rings. The van der Waals surface area contributed by atoms with Gasteiger partial charge in [0.2, 0.25) is 0 Å². The Morgan fingerprint density at radius 3 is 0.955 bits per heavy atom. The topological polar surface area (TPSA) is 78.9 Å². The molecular weight excluding hydrogens is 829 g/mol. The number of ether oxygens (including phenoxy) is 3. The van der Waals surface area contributed by atoms with Gasteiger partial charge in [0.25, 0.3) is 0 Å². The Bertz CT molecular complexity index is 1260. The minimum atomic E-state index is -0.785. The number of carbonyl (C=O) groups excluding carboxylic acids is 3. The first-order valence-corrected chi connectivity index (χ1v) is 28.4. The smallest absolute Gasteiger partial charge is 0.306 e. The van der Waals surface area contributed by atoms with Gasteiger partial charge in [0.1, 0.15) is 13.2 Å². The summed E-state index contributed by atoms with van der Waals surface area (Å²) in [6.45, 7) is 6.50. The summed E-state index contributed by atoms with van der Waals surface area (Å²) in [5.41, 5.74) is 0. The lowest BCUT2D eigenvalue weighted by molar-refractivity contribution is -0.167. The van der Waals surface area contributed by atoms with Crippen molar-refractivity contribution in [1.82, 2.24) is 0 Å². The Kier molecular flexibility index (Phi) is 52.8. The zero-order valence-electron chi connectivity index (χ0n) is 44.2. The molecule has 6 heteroatoms. The number of hydrogen-bond acceptors (Lipinski definition) is 6. The molecule has 0 aliphatic heterocycles. The van der Waals surface area contributed by atoms with E-state index in [1.165, 1.54) is 122 Å². The van der Waals surface area contributed by atoms with Crippen molar-refractivity contribution in [2.75, 3.05) is 13.2 Å². The van der Waals surface area contributed by atoms with Crippen LogP contribution in [-0.2, 0) is 28.6 Å². The highest BCUT2D eigenvalue weighted by Gasteiger charge is 2.19. The largest absolute Gasteiger partial charge is 0.462 e. The second-order valence-electron chi connectivity index (χ2n) is 18.8. The molecule has 6 nitrogen and oxygen atoms in total. The van der Waals surface area contributed by atoms with Gasteiger partial charge in [0, 0.05) is 19.3 Å². The van der Waals surface area contributed by atoms with E-state index in [9.17, 15) is 14.4 Å². The van der Waals surface area contributed by atoms with Crippen molar-refractivity contribution in [3.05, 3.63) is 72.9 Å². The third-order valence-electron chi connectivity index (χ3n) is 12.2. The highest BCUT2D eigenvalue weighted by Crippen LogP contribution is 2.16. The predicted molar refractivity (Wildman–Crippen MR) is 288 cm³/mol. The van der Waals surface area contributed by atoms with E-state index in [0.717, 1.165) is 116 Å². The van der Waals surface area contributed by atoms with Crippen LogP contribution in [-0.4, -0.2) is 37.2 Å². The van der Waals surface area contributed by atoms with E-state index in [1.807, 2.05) is 0 Å². The van der Waals surface area contributed by atoms with Gasteiger partial charge in [0.05, 0.1) is 0 Å². The van der Waals surface area contributed by atoms with Crippen LogP contribution in [0.5, 0.6) is 0 Å². The molecule has 0 spiro atoms. The van der Waals surface area contributed by atoms with Gasteiger partial charge >= 0.3 is 17.9 Å². The number of unbranched alkanes of at least 4 members (excludes halogenated alkanes) is 28. The standard InChI is InChI=1S/C61H106O6/c1-4-7-10-13-16-19-22-25-27-29-30-31-32-33-35-36-39-42-45-48-51-54-60(63)66-57-58(56-65-59(62)53-50-47-44-41-38-24-21-18-15-12-9-6-3)67-61(64)55-52-49-46-43-40-37-34-28-26-23-20-17-14-11-8-5-2/h7,10,16,18-19,21,25,27,30-31,33,35,58H,4-6,8-9,11-15,17,20,22-24,26,28-29,32,34,36-57H2,1-3H3/b10-7-,19-16-,21-18-,27-25-,31-30-,35-33-. The van der Waals surface area contributed by atoms with Crippen molar-refractivity contribution in [2.24, 2.45) is 0 Å². The van der Waals surface area contributed by atoms with Gasteiger partial charge in [-0.3, -0.25) is 14.4 Å². The molecule has 1 atom stereocenters. The molecule has 0 amide bonds. The van der Waals surface area contributed by atoms with E-state index in [4.69, 9.17) is 14.2 Å². The van der Waals surface area contributed by atoms with Crippen molar-refractivity contribution < 1.29 is 28.6 Å². The minimum absolute atomic E-state index is 0.0840. The summed E-state index contributed by atoms with van der Waals surface area (Å²) in [7, 11) is 0. The number of hydrogen-bond donors (Lipinski definition) is 0. The maximum atomic E-state index is 12.8. The van der Waals surface area contributed by atoms with Gasteiger partial charge in [-0.15, -0.1) is 0 Å². The Labute approximate surface area is 414 Å². The van der Waals surface area contributed by atoms with Crippen LogP contribution in [0.25, 0.3) is 0 Å². The summed E-state index contributed by atoms with van der Waals surface area (Å²) in [5.74, 6) is -0.902. The zero-order valence-corrected chi connectivity index (χ0v) is 44.2. The normalized spacial score (nSPS) is 12.6. The highest BCUT2D eigenvalue weighted by atomic mass is 16.6. The summed E-state index contributed by atoms with van der Waals surface area (Å²) >= 11 is 0. The van der Waals surface area contributed by atoms with Crippen LogP contribution < -0.4 is 0 Å². The summed E-state index contributed by atoms with van der Waals surface area (Å²) in [6.07, 6.45) is 70.3. The van der Waals surface area contributed by atoms with Crippen LogP contribution in [0.15, 0.2) is 72.9 Å². The van der Waals surface area contributed by atoms with Crippen molar-refractivity contribution in [3.8, 4) is 0 Å². The molecule has 0 N–H and O–H groups in total. The van der Waals surface area contributed by atoms with Crippen molar-refractivity contribution in [1.29, 1.82) is 0 Å². The first kappa shape index (κ1) is 63.8. The van der Waals surface area contributed by atoms with Crippen LogP contribution in [0.4, 0.5) is 0 Å². The van der Waals surface area contributed by atoms with Crippen LogP contribution in [0.2, 0.25) is 0 Å². The molecule has 1 unspecified atom stereocenters. The maximum Gasteiger partial charge on any atom is 0.306 e.